The van der Waals surface area contributed by atoms with Crippen LogP contribution in [0.15, 0.2) is 38.0 Å². The molecule has 1 aliphatic heterocycles. The van der Waals surface area contributed by atoms with E-state index in [9.17, 15) is 14.4 Å². The molecule has 0 radical (unpaired) electrons. The van der Waals surface area contributed by atoms with Crippen LogP contribution in [-0.4, -0.2) is 48.9 Å². The lowest BCUT2D eigenvalue weighted by molar-refractivity contribution is -0.223. The van der Waals surface area contributed by atoms with Gasteiger partial charge in [0.1, 0.15) is 0 Å². The van der Waals surface area contributed by atoms with Crippen molar-refractivity contribution in [3.05, 3.63) is 38.0 Å². The summed E-state index contributed by atoms with van der Waals surface area (Å²) in [7, 11) is 0. The minimum atomic E-state index is -1.02. The predicted octanol–water partition coefficient (Wildman–Crippen LogP) is 1.09. The fraction of sp³-hybridized carbons (Fsp3) is 0.438. The zero-order valence-corrected chi connectivity index (χ0v) is 12.9. The standard InChI is InChI=1S/C16H20O7/c1-5-10-15(22-13(18)7-3)16(23-14(19)8-4)11(9-20-10)21-12(17)6-2/h6-8,10-11,15-16H,2-5,9H2,1H3/t10?,11-,15-,16-/m1/s1. The van der Waals surface area contributed by atoms with Gasteiger partial charge in [0.05, 0.1) is 12.7 Å². The minimum absolute atomic E-state index is 0.00465. The number of hydrogen-bond acceptors (Lipinski definition) is 7. The highest BCUT2D eigenvalue weighted by Gasteiger charge is 2.46. The van der Waals surface area contributed by atoms with Gasteiger partial charge in [0.15, 0.2) is 18.3 Å². The van der Waals surface area contributed by atoms with Gasteiger partial charge in [-0.1, -0.05) is 26.7 Å². The smallest absolute Gasteiger partial charge is 0.330 e. The highest BCUT2D eigenvalue weighted by Crippen LogP contribution is 2.26. The summed E-state index contributed by atoms with van der Waals surface area (Å²) in [5.41, 5.74) is 0. The fourth-order valence-corrected chi connectivity index (χ4v) is 2.13. The molecule has 1 unspecified atom stereocenters. The lowest BCUT2D eigenvalue weighted by Crippen LogP contribution is -2.57. The summed E-state index contributed by atoms with van der Waals surface area (Å²) in [5, 5.41) is 0. The Morgan fingerprint density at radius 2 is 1.43 bits per heavy atom. The molecule has 1 heterocycles. The monoisotopic (exact) mass is 324 g/mol. The van der Waals surface area contributed by atoms with E-state index in [4.69, 9.17) is 18.9 Å². The van der Waals surface area contributed by atoms with E-state index in [0.717, 1.165) is 18.2 Å². The molecule has 0 saturated carbocycles. The largest absolute Gasteiger partial charge is 0.453 e. The summed E-state index contributed by atoms with van der Waals surface area (Å²) in [6.45, 7) is 11.8. The Hall–Kier alpha value is -2.41. The van der Waals surface area contributed by atoms with Crippen molar-refractivity contribution in [2.45, 2.75) is 37.8 Å². The van der Waals surface area contributed by atoms with E-state index in [0.29, 0.717) is 6.42 Å². The number of carbonyl (C=O) groups is 3. The molecular formula is C16H20O7. The summed E-state index contributed by atoms with van der Waals surface area (Å²) < 4.78 is 21.1. The van der Waals surface area contributed by atoms with Gasteiger partial charge in [-0.15, -0.1) is 0 Å². The molecule has 1 rings (SSSR count). The first-order chi connectivity index (χ1) is 11.0. The molecule has 1 fully saturated rings. The topological polar surface area (TPSA) is 88.1 Å². The van der Waals surface area contributed by atoms with Gasteiger partial charge in [0.2, 0.25) is 0 Å². The van der Waals surface area contributed by atoms with Crippen molar-refractivity contribution in [2.75, 3.05) is 6.61 Å². The van der Waals surface area contributed by atoms with Gasteiger partial charge in [-0.25, -0.2) is 14.4 Å². The summed E-state index contributed by atoms with van der Waals surface area (Å²) in [5.74, 6) is -2.14. The van der Waals surface area contributed by atoms with E-state index >= 15 is 0 Å². The number of hydrogen-bond donors (Lipinski definition) is 0. The molecule has 0 aliphatic carbocycles. The Kier molecular flexibility index (Phi) is 7.21. The van der Waals surface area contributed by atoms with Crippen molar-refractivity contribution >= 4 is 17.9 Å². The van der Waals surface area contributed by atoms with E-state index in [2.05, 4.69) is 19.7 Å². The van der Waals surface area contributed by atoms with Crippen molar-refractivity contribution in [1.82, 2.24) is 0 Å². The molecule has 0 bridgehead atoms. The maximum atomic E-state index is 11.6. The van der Waals surface area contributed by atoms with Gasteiger partial charge in [-0.3, -0.25) is 0 Å². The Bertz CT molecular complexity index is 497. The number of ether oxygens (including phenoxy) is 4. The average Bonchev–Trinajstić information content (AvgIpc) is 2.56. The van der Waals surface area contributed by atoms with Crippen LogP contribution in [0.3, 0.4) is 0 Å². The highest BCUT2D eigenvalue weighted by molar-refractivity contribution is 5.83. The highest BCUT2D eigenvalue weighted by atomic mass is 16.6. The third kappa shape index (κ3) is 5.07. The molecule has 7 heteroatoms. The molecular weight excluding hydrogens is 304 g/mol. The first kappa shape index (κ1) is 18.6. The second-order valence-corrected chi connectivity index (χ2v) is 4.67. The van der Waals surface area contributed by atoms with E-state index in [1.54, 1.807) is 0 Å². The zero-order chi connectivity index (χ0) is 17.4. The predicted molar refractivity (Wildman–Crippen MR) is 80.3 cm³/mol. The van der Waals surface area contributed by atoms with E-state index in [1.165, 1.54) is 0 Å². The van der Waals surface area contributed by atoms with Crippen LogP contribution in [0.4, 0.5) is 0 Å². The fourth-order valence-electron chi connectivity index (χ4n) is 2.13. The Morgan fingerprint density at radius 1 is 0.957 bits per heavy atom. The van der Waals surface area contributed by atoms with Gasteiger partial charge in [0.25, 0.3) is 0 Å². The summed E-state index contributed by atoms with van der Waals surface area (Å²) >= 11 is 0. The number of rotatable bonds is 7. The van der Waals surface area contributed by atoms with E-state index in [-0.39, 0.29) is 6.61 Å². The quantitative estimate of drug-likeness (QED) is 0.393. The van der Waals surface area contributed by atoms with Crippen LogP contribution in [0.25, 0.3) is 0 Å². The number of carbonyl (C=O) groups excluding carboxylic acids is 3. The minimum Gasteiger partial charge on any atom is -0.453 e. The second kappa shape index (κ2) is 8.89. The number of esters is 3. The van der Waals surface area contributed by atoms with Gasteiger partial charge in [-0.2, -0.15) is 0 Å². The maximum Gasteiger partial charge on any atom is 0.330 e. The van der Waals surface area contributed by atoms with Gasteiger partial charge in [-0.05, 0) is 6.42 Å². The van der Waals surface area contributed by atoms with Crippen LogP contribution in [0, 0.1) is 0 Å². The normalized spacial score (nSPS) is 26.5. The Labute approximate surface area is 134 Å². The summed E-state index contributed by atoms with van der Waals surface area (Å²) in [4.78, 5) is 34.6. The molecule has 0 aromatic carbocycles. The Morgan fingerprint density at radius 3 is 1.91 bits per heavy atom. The molecule has 1 aliphatic rings. The van der Waals surface area contributed by atoms with Crippen molar-refractivity contribution < 1.29 is 33.3 Å². The van der Waals surface area contributed by atoms with Crippen molar-refractivity contribution in [2.24, 2.45) is 0 Å². The van der Waals surface area contributed by atoms with Crippen LogP contribution in [-0.2, 0) is 33.3 Å². The molecule has 0 aromatic rings. The van der Waals surface area contributed by atoms with Gasteiger partial charge < -0.3 is 18.9 Å². The van der Waals surface area contributed by atoms with Gasteiger partial charge >= 0.3 is 17.9 Å². The van der Waals surface area contributed by atoms with Crippen molar-refractivity contribution in [1.29, 1.82) is 0 Å². The zero-order valence-electron chi connectivity index (χ0n) is 12.9. The molecule has 0 amide bonds. The van der Waals surface area contributed by atoms with E-state index in [1.807, 2.05) is 6.92 Å². The third-order valence-electron chi connectivity index (χ3n) is 3.21. The second-order valence-electron chi connectivity index (χ2n) is 4.67. The summed E-state index contributed by atoms with van der Waals surface area (Å²) in [6.07, 6.45) is 0.0172. The summed E-state index contributed by atoms with van der Waals surface area (Å²) in [6, 6.07) is 0. The van der Waals surface area contributed by atoms with Crippen molar-refractivity contribution in [3.63, 3.8) is 0 Å². The molecule has 0 spiro atoms. The van der Waals surface area contributed by atoms with Crippen LogP contribution in [0.2, 0.25) is 0 Å². The first-order valence-electron chi connectivity index (χ1n) is 7.07. The molecule has 0 N–H and O–H groups in total. The molecule has 4 atom stereocenters. The lowest BCUT2D eigenvalue weighted by atomic mass is 9.97. The molecule has 126 valence electrons. The SMILES string of the molecule is C=CC(=O)O[C@H]1[C@H](OC(=O)C=C)C(CC)OC[C@H]1OC(=O)C=C. The molecule has 0 aromatic heterocycles. The molecule has 7 nitrogen and oxygen atoms in total. The average molecular weight is 324 g/mol. The van der Waals surface area contributed by atoms with E-state index < -0.39 is 42.3 Å². The molecule has 1 saturated heterocycles. The Balaban J connectivity index is 3.06. The van der Waals surface area contributed by atoms with Crippen LogP contribution in [0.5, 0.6) is 0 Å². The maximum absolute atomic E-state index is 11.6. The molecule has 23 heavy (non-hydrogen) atoms. The lowest BCUT2D eigenvalue weighted by Gasteiger charge is -2.40. The van der Waals surface area contributed by atoms with Crippen LogP contribution < -0.4 is 0 Å². The first-order valence-corrected chi connectivity index (χ1v) is 7.07. The third-order valence-corrected chi connectivity index (χ3v) is 3.21. The van der Waals surface area contributed by atoms with Crippen molar-refractivity contribution in [3.8, 4) is 0 Å². The van der Waals surface area contributed by atoms with Crippen LogP contribution in [0.1, 0.15) is 13.3 Å². The van der Waals surface area contributed by atoms with Gasteiger partial charge in [0, 0.05) is 18.2 Å². The van der Waals surface area contributed by atoms with Crippen LogP contribution >= 0.6 is 0 Å².